The van der Waals surface area contributed by atoms with Gasteiger partial charge < -0.3 is 10.1 Å². The Morgan fingerprint density at radius 1 is 1.36 bits per heavy atom. The summed E-state index contributed by atoms with van der Waals surface area (Å²) in [7, 11) is 0. The van der Waals surface area contributed by atoms with Crippen LogP contribution < -0.4 is 15.6 Å². The fourth-order valence-electron chi connectivity index (χ4n) is 2.38. The number of halogens is 2. The number of allylic oxidation sites excluding steroid dienone is 1. The van der Waals surface area contributed by atoms with E-state index in [4.69, 9.17) is 0 Å². The quantitative estimate of drug-likeness (QED) is 0.337. The van der Waals surface area contributed by atoms with Crippen molar-refractivity contribution in [3.63, 3.8) is 0 Å². The molecule has 0 saturated heterocycles. The average molecular weight is 423 g/mol. The van der Waals surface area contributed by atoms with Crippen molar-refractivity contribution in [3.8, 4) is 5.75 Å². The molecule has 0 atom stereocenters. The highest BCUT2D eigenvalue weighted by Crippen LogP contribution is 2.22. The number of rotatable bonds is 8. The number of ether oxygens (including phenoxy) is 1. The zero-order valence-electron chi connectivity index (χ0n) is 14.4. The number of fused-ring (bicyclic) bond motifs is 1. The number of nitrogens with one attached hydrogen (secondary N) is 1. The smallest absolute Gasteiger partial charge is 0.387 e. The molecule has 2 heterocycles. The molecule has 10 heteroatoms. The molecule has 1 aromatic carbocycles. The second-order valence-corrected chi connectivity index (χ2v) is 7.32. The molecule has 3 aromatic rings. The summed E-state index contributed by atoms with van der Waals surface area (Å²) >= 11 is 2.49. The third-order valence-corrected chi connectivity index (χ3v) is 5.34. The number of thioether (sulfide) groups is 1. The van der Waals surface area contributed by atoms with Gasteiger partial charge in [-0.25, -0.2) is 4.98 Å². The van der Waals surface area contributed by atoms with Crippen molar-refractivity contribution in [2.75, 3.05) is 11.1 Å². The Balaban J connectivity index is 1.68. The van der Waals surface area contributed by atoms with E-state index in [1.807, 2.05) is 0 Å². The number of nitrogens with zero attached hydrogens (tertiary/aromatic N) is 2. The SMILES string of the molecule is C=CCn1c(SCC(=O)Nc2ccc(OC(F)F)cc2)nc2sccc2c1=O. The van der Waals surface area contributed by atoms with Gasteiger partial charge in [-0.1, -0.05) is 17.8 Å². The molecule has 3 rings (SSSR count). The third-order valence-electron chi connectivity index (χ3n) is 3.56. The molecule has 0 radical (unpaired) electrons. The zero-order valence-corrected chi connectivity index (χ0v) is 16.1. The minimum atomic E-state index is -2.90. The van der Waals surface area contributed by atoms with Gasteiger partial charge >= 0.3 is 6.61 Å². The topological polar surface area (TPSA) is 73.2 Å². The summed E-state index contributed by atoms with van der Waals surface area (Å²) in [6.45, 7) is 1.03. The van der Waals surface area contributed by atoms with Crippen molar-refractivity contribution in [2.45, 2.75) is 18.3 Å². The number of carbonyl (C=O) groups is 1. The van der Waals surface area contributed by atoms with Crippen LogP contribution >= 0.6 is 23.1 Å². The average Bonchev–Trinajstić information content (AvgIpc) is 3.13. The first kappa shape index (κ1) is 20.0. The summed E-state index contributed by atoms with van der Waals surface area (Å²) < 4.78 is 30.0. The van der Waals surface area contributed by atoms with Crippen molar-refractivity contribution >= 4 is 44.9 Å². The number of amides is 1. The second kappa shape index (κ2) is 8.98. The molecule has 0 aliphatic rings. The number of carbonyl (C=O) groups excluding carboxylic acids is 1. The van der Waals surface area contributed by atoms with Crippen molar-refractivity contribution in [1.82, 2.24) is 9.55 Å². The van der Waals surface area contributed by atoms with Gasteiger partial charge in [0.15, 0.2) is 5.16 Å². The number of thiophene rings is 1. The number of anilines is 1. The van der Waals surface area contributed by atoms with Gasteiger partial charge in [-0.05, 0) is 35.7 Å². The fraction of sp³-hybridized carbons (Fsp3) is 0.167. The van der Waals surface area contributed by atoms with E-state index in [0.29, 0.717) is 21.1 Å². The van der Waals surface area contributed by atoms with E-state index in [1.54, 1.807) is 17.5 Å². The Labute approximate surface area is 166 Å². The van der Waals surface area contributed by atoms with Crippen LogP contribution in [0.1, 0.15) is 0 Å². The molecule has 0 spiro atoms. The summed E-state index contributed by atoms with van der Waals surface area (Å²) in [5.74, 6) is -0.294. The third kappa shape index (κ3) is 4.76. The van der Waals surface area contributed by atoms with E-state index in [-0.39, 0.29) is 29.5 Å². The molecule has 0 bridgehead atoms. The van der Waals surface area contributed by atoms with Gasteiger partial charge in [-0.2, -0.15) is 8.78 Å². The Bertz CT molecular complexity index is 1050. The van der Waals surface area contributed by atoms with Gasteiger partial charge in [0.1, 0.15) is 10.6 Å². The van der Waals surface area contributed by atoms with Crippen LogP contribution in [0, 0.1) is 0 Å². The number of benzene rings is 1. The van der Waals surface area contributed by atoms with Gasteiger partial charge in [0.25, 0.3) is 5.56 Å². The molecule has 0 aliphatic heterocycles. The first-order chi connectivity index (χ1) is 13.5. The number of hydrogen-bond acceptors (Lipinski definition) is 6. The van der Waals surface area contributed by atoms with E-state index in [0.717, 1.165) is 11.8 Å². The molecule has 1 N–H and O–H groups in total. The fourth-order valence-corrected chi connectivity index (χ4v) is 3.99. The van der Waals surface area contributed by atoms with Crippen LogP contribution in [0.3, 0.4) is 0 Å². The Morgan fingerprint density at radius 2 is 2.11 bits per heavy atom. The van der Waals surface area contributed by atoms with Gasteiger partial charge in [0.2, 0.25) is 5.91 Å². The normalized spacial score (nSPS) is 11.0. The molecular formula is C18H15F2N3O3S2. The molecule has 2 aromatic heterocycles. The molecule has 0 unspecified atom stereocenters. The summed E-state index contributed by atoms with van der Waals surface area (Å²) in [6, 6.07) is 7.32. The zero-order chi connectivity index (χ0) is 20.1. The molecule has 28 heavy (non-hydrogen) atoms. The summed E-state index contributed by atoms with van der Waals surface area (Å²) in [4.78, 5) is 29.8. The van der Waals surface area contributed by atoms with Crippen LogP contribution in [0.5, 0.6) is 5.75 Å². The standard InChI is InChI=1S/C18H15F2N3O3S2/c1-2-8-23-16(25)13-7-9-27-15(13)22-18(23)28-10-14(24)21-11-3-5-12(6-4-11)26-17(19)20/h2-7,9,17H,1,8,10H2,(H,21,24). The van der Waals surface area contributed by atoms with Crippen molar-refractivity contribution in [1.29, 1.82) is 0 Å². The summed E-state index contributed by atoms with van der Waals surface area (Å²) in [5, 5.41) is 5.41. The molecule has 146 valence electrons. The summed E-state index contributed by atoms with van der Waals surface area (Å²) in [5.41, 5.74) is 0.265. The lowest BCUT2D eigenvalue weighted by Gasteiger charge is -2.10. The Morgan fingerprint density at radius 3 is 2.79 bits per heavy atom. The number of aromatic nitrogens is 2. The van der Waals surface area contributed by atoms with Crippen LogP contribution in [0.2, 0.25) is 0 Å². The molecule has 0 saturated carbocycles. The van der Waals surface area contributed by atoms with Crippen molar-refractivity contribution in [3.05, 3.63) is 58.7 Å². The molecule has 0 aliphatic carbocycles. The van der Waals surface area contributed by atoms with Crippen LogP contribution in [0.15, 0.2) is 58.3 Å². The van der Waals surface area contributed by atoms with Gasteiger partial charge in [-0.15, -0.1) is 17.9 Å². The Kier molecular flexibility index (Phi) is 6.42. The lowest BCUT2D eigenvalue weighted by atomic mass is 10.3. The van der Waals surface area contributed by atoms with Crippen molar-refractivity contribution < 1.29 is 18.3 Å². The Hall–Kier alpha value is -2.72. The lowest BCUT2D eigenvalue weighted by molar-refractivity contribution is -0.113. The molecule has 0 fully saturated rings. The van der Waals surface area contributed by atoms with E-state index in [2.05, 4.69) is 21.6 Å². The monoisotopic (exact) mass is 423 g/mol. The number of hydrogen-bond donors (Lipinski definition) is 1. The van der Waals surface area contributed by atoms with E-state index >= 15 is 0 Å². The predicted octanol–water partition coefficient (Wildman–Crippen LogP) is 3.98. The van der Waals surface area contributed by atoms with Gasteiger partial charge in [0, 0.05) is 12.2 Å². The maximum absolute atomic E-state index is 12.5. The lowest BCUT2D eigenvalue weighted by Crippen LogP contribution is -2.23. The largest absolute Gasteiger partial charge is 0.435 e. The molecule has 6 nitrogen and oxygen atoms in total. The van der Waals surface area contributed by atoms with Crippen LogP contribution in [-0.2, 0) is 11.3 Å². The highest BCUT2D eigenvalue weighted by molar-refractivity contribution is 7.99. The summed E-state index contributed by atoms with van der Waals surface area (Å²) in [6.07, 6.45) is 1.59. The first-order valence-electron chi connectivity index (χ1n) is 8.04. The first-order valence-corrected chi connectivity index (χ1v) is 9.91. The highest BCUT2D eigenvalue weighted by Gasteiger charge is 2.13. The maximum Gasteiger partial charge on any atom is 0.387 e. The minimum absolute atomic E-state index is 0.00395. The van der Waals surface area contributed by atoms with E-state index < -0.39 is 6.61 Å². The van der Waals surface area contributed by atoms with E-state index in [9.17, 15) is 18.4 Å². The van der Waals surface area contributed by atoms with Crippen LogP contribution in [-0.4, -0.2) is 27.8 Å². The van der Waals surface area contributed by atoms with Gasteiger partial charge in [-0.3, -0.25) is 14.2 Å². The predicted molar refractivity (Wildman–Crippen MR) is 107 cm³/mol. The van der Waals surface area contributed by atoms with Crippen molar-refractivity contribution in [2.24, 2.45) is 0 Å². The molecule has 1 amide bonds. The van der Waals surface area contributed by atoms with Crippen LogP contribution in [0.25, 0.3) is 10.2 Å². The molecular weight excluding hydrogens is 408 g/mol. The highest BCUT2D eigenvalue weighted by atomic mass is 32.2. The van der Waals surface area contributed by atoms with E-state index in [1.165, 1.54) is 40.2 Å². The van der Waals surface area contributed by atoms with Gasteiger partial charge in [0.05, 0.1) is 11.1 Å². The number of alkyl halides is 2. The van der Waals surface area contributed by atoms with Crippen LogP contribution in [0.4, 0.5) is 14.5 Å². The minimum Gasteiger partial charge on any atom is -0.435 e. The maximum atomic E-state index is 12.5. The second-order valence-electron chi connectivity index (χ2n) is 5.48.